The zero-order valence-electron chi connectivity index (χ0n) is 9.97. The minimum Gasteiger partial charge on any atom is -0.343 e. The molecule has 1 aromatic carbocycles. The monoisotopic (exact) mass is 260 g/mol. The van der Waals surface area contributed by atoms with Gasteiger partial charge in [0.25, 0.3) is 0 Å². The van der Waals surface area contributed by atoms with Crippen LogP contribution in [-0.4, -0.2) is 27.9 Å². The van der Waals surface area contributed by atoms with Crippen molar-refractivity contribution in [3.05, 3.63) is 24.3 Å². The van der Waals surface area contributed by atoms with Gasteiger partial charge >= 0.3 is 5.97 Å². The number of para-hydroxylation sites is 2. The highest BCUT2D eigenvalue weighted by molar-refractivity contribution is 5.88. The summed E-state index contributed by atoms with van der Waals surface area (Å²) in [6.45, 7) is 0. The van der Waals surface area contributed by atoms with E-state index in [0.717, 1.165) is 11.0 Å². The Morgan fingerprint density at radius 2 is 2.26 bits per heavy atom. The third-order valence-electron chi connectivity index (χ3n) is 2.92. The number of rotatable bonds is 3. The standard InChI is InChI=1S/C12H12N4O3/c17-10-6-5-9(13-10)11(18)19-16-12-14-7-3-1-2-4-8(7)15-12/h1-4,9H,5-6H2,(H,13,17)(H2,14,15,16). The van der Waals surface area contributed by atoms with Crippen molar-refractivity contribution in [2.75, 3.05) is 5.48 Å². The van der Waals surface area contributed by atoms with E-state index in [2.05, 4.69) is 20.8 Å². The molecule has 19 heavy (non-hydrogen) atoms. The predicted molar refractivity (Wildman–Crippen MR) is 67.0 cm³/mol. The lowest BCUT2D eigenvalue weighted by atomic mass is 10.2. The highest BCUT2D eigenvalue weighted by atomic mass is 16.7. The van der Waals surface area contributed by atoms with Gasteiger partial charge in [0.05, 0.1) is 11.0 Å². The Morgan fingerprint density at radius 3 is 3.00 bits per heavy atom. The summed E-state index contributed by atoms with van der Waals surface area (Å²) in [5.74, 6) is -0.309. The summed E-state index contributed by atoms with van der Waals surface area (Å²) in [7, 11) is 0. The molecule has 98 valence electrons. The molecule has 1 aliphatic heterocycles. The molecule has 0 saturated carbocycles. The van der Waals surface area contributed by atoms with Crippen LogP contribution in [0.4, 0.5) is 5.95 Å². The number of nitrogens with one attached hydrogen (secondary N) is 3. The highest BCUT2D eigenvalue weighted by Crippen LogP contribution is 2.14. The third-order valence-corrected chi connectivity index (χ3v) is 2.92. The molecule has 0 bridgehead atoms. The van der Waals surface area contributed by atoms with Gasteiger partial charge < -0.3 is 15.1 Å². The molecule has 1 aromatic heterocycles. The first-order valence-corrected chi connectivity index (χ1v) is 5.93. The molecule has 1 saturated heterocycles. The van der Waals surface area contributed by atoms with Gasteiger partial charge in [-0.1, -0.05) is 12.1 Å². The second-order valence-corrected chi connectivity index (χ2v) is 4.28. The van der Waals surface area contributed by atoms with E-state index >= 15 is 0 Å². The molecule has 1 amide bonds. The van der Waals surface area contributed by atoms with Crippen molar-refractivity contribution in [2.45, 2.75) is 18.9 Å². The fourth-order valence-corrected chi connectivity index (χ4v) is 1.96. The van der Waals surface area contributed by atoms with Crippen molar-refractivity contribution < 1.29 is 14.4 Å². The van der Waals surface area contributed by atoms with E-state index in [-0.39, 0.29) is 5.91 Å². The van der Waals surface area contributed by atoms with Gasteiger partial charge in [0, 0.05) is 6.42 Å². The number of benzene rings is 1. The Morgan fingerprint density at radius 1 is 1.42 bits per heavy atom. The number of hydrogen-bond acceptors (Lipinski definition) is 5. The smallest absolute Gasteiger partial charge is 0.343 e. The molecule has 7 heteroatoms. The van der Waals surface area contributed by atoms with Gasteiger partial charge in [-0.2, -0.15) is 5.48 Å². The number of aromatic nitrogens is 2. The Kier molecular flexibility index (Phi) is 2.79. The summed E-state index contributed by atoms with van der Waals surface area (Å²) in [5.41, 5.74) is 4.07. The lowest BCUT2D eigenvalue weighted by Gasteiger charge is -2.08. The maximum Gasteiger partial charge on any atom is 0.354 e. The fourth-order valence-electron chi connectivity index (χ4n) is 1.96. The van der Waals surface area contributed by atoms with Crippen LogP contribution >= 0.6 is 0 Å². The number of anilines is 1. The van der Waals surface area contributed by atoms with Crippen molar-refractivity contribution in [3.8, 4) is 0 Å². The molecule has 0 radical (unpaired) electrons. The van der Waals surface area contributed by atoms with Crippen LogP contribution < -0.4 is 10.8 Å². The number of H-pyrrole nitrogens is 1. The van der Waals surface area contributed by atoms with Crippen LogP contribution in [0.2, 0.25) is 0 Å². The summed E-state index contributed by atoms with van der Waals surface area (Å²) in [6.07, 6.45) is 0.809. The van der Waals surface area contributed by atoms with Crippen molar-refractivity contribution in [1.29, 1.82) is 0 Å². The first kappa shape index (κ1) is 11.5. The van der Waals surface area contributed by atoms with E-state index in [1.807, 2.05) is 24.3 Å². The molecule has 0 spiro atoms. The number of fused-ring (bicyclic) bond motifs is 1. The van der Waals surface area contributed by atoms with E-state index < -0.39 is 12.0 Å². The molecular formula is C12H12N4O3. The maximum atomic E-state index is 11.6. The molecule has 1 atom stereocenters. The lowest BCUT2D eigenvalue weighted by molar-refractivity contribution is -0.143. The summed E-state index contributed by atoms with van der Waals surface area (Å²) >= 11 is 0. The van der Waals surface area contributed by atoms with Crippen LogP contribution in [0.25, 0.3) is 11.0 Å². The SMILES string of the molecule is O=C1CCC(C(=O)ONc2nc3ccccc3[nH]2)N1. The number of aromatic amines is 1. The second kappa shape index (κ2) is 4.60. The number of hydrogen-bond donors (Lipinski definition) is 3. The maximum absolute atomic E-state index is 11.6. The van der Waals surface area contributed by atoms with Crippen LogP contribution in [0.15, 0.2) is 24.3 Å². The zero-order valence-corrected chi connectivity index (χ0v) is 9.97. The van der Waals surface area contributed by atoms with Gasteiger partial charge in [0.2, 0.25) is 11.9 Å². The Bertz CT molecular complexity index is 604. The van der Waals surface area contributed by atoms with Gasteiger partial charge in [-0.05, 0) is 18.6 Å². The molecular weight excluding hydrogens is 248 g/mol. The Labute approximate surface area is 108 Å². The summed E-state index contributed by atoms with van der Waals surface area (Å²) in [5, 5.41) is 2.53. The number of carbonyl (C=O) groups excluding carboxylic acids is 2. The summed E-state index contributed by atoms with van der Waals surface area (Å²) in [4.78, 5) is 34.7. The molecule has 1 aliphatic rings. The molecule has 3 rings (SSSR count). The van der Waals surface area contributed by atoms with Crippen molar-refractivity contribution in [2.24, 2.45) is 0 Å². The average molecular weight is 260 g/mol. The van der Waals surface area contributed by atoms with Crippen LogP contribution in [0.1, 0.15) is 12.8 Å². The predicted octanol–water partition coefficient (Wildman–Crippen LogP) is 0.712. The van der Waals surface area contributed by atoms with E-state index in [9.17, 15) is 9.59 Å². The first-order valence-electron chi connectivity index (χ1n) is 5.93. The number of amides is 1. The second-order valence-electron chi connectivity index (χ2n) is 4.28. The molecule has 3 N–H and O–H groups in total. The third kappa shape index (κ3) is 2.35. The quantitative estimate of drug-likeness (QED) is 0.706. The lowest BCUT2D eigenvalue weighted by Crippen LogP contribution is -2.35. The Hall–Kier alpha value is -2.57. The van der Waals surface area contributed by atoms with Gasteiger partial charge in [-0.3, -0.25) is 4.79 Å². The first-order chi connectivity index (χ1) is 9.22. The van der Waals surface area contributed by atoms with Crippen molar-refractivity contribution in [1.82, 2.24) is 15.3 Å². The number of nitrogens with zero attached hydrogens (tertiary/aromatic N) is 1. The van der Waals surface area contributed by atoms with E-state index in [1.54, 1.807) is 0 Å². The van der Waals surface area contributed by atoms with Crippen LogP contribution in [0.3, 0.4) is 0 Å². The van der Waals surface area contributed by atoms with Gasteiger partial charge in [-0.15, -0.1) is 0 Å². The minimum absolute atomic E-state index is 0.134. The van der Waals surface area contributed by atoms with Crippen LogP contribution in [0, 0.1) is 0 Å². The summed E-state index contributed by atoms with van der Waals surface area (Å²) < 4.78 is 0. The molecule has 1 fully saturated rings. The minimum atomic E-state index is -0.579. The molecule has 0 aliphatic carbocycles. The molecule has 2 aromatic rings. The summed E-state index contributed by atoms with van der Waals surface area (Å²) in [6, 6.07) is 6.88. The molecule has 1 unspecified atom stereocenters. The van der Waals surface area contributed by atoms with E-state index in [0.29, 0.717) is 18.8 Å². The number of imidazole rings is 1. The fraction of sp³-hybridized carbons (Fsp3) is 0.250. The van der Waals surface area contributed by atoms with E-state index in [1.165, 1.54) is 0 Å². The largest absolute Gasteiger partial charge is 0.354 e. The van der Waals surface area contributed by atoms with Crippen molar-refractivity contribution >= 4 is 28.9 Å². The van der Waals surface area contributed by atoms with Gasteiger partial charge in [0.1, 0.15) is 6.04 Å². The number of carbonyl (C=O) groups is 2. The van der Waals surface area contributed by atoms with Crippen molar-refractivity contribution in [3.63, 3.8) is 0 Å². The highest BCUT2D eigenvalue weighted by Gasteiger charge is 2.29. The van der Waals surface area contributed by atoms with E-state index in [4.69, 9.17) is 4.84 Å². The normalized spacial score (nSPS) is 18.3. The van der Waals surface area contributed by atoms with Crippen LogP contribution in [-0.2, 0) is 14.4 Å². The zero-order chi connectivity index (χ0) is 13.2. The molecule has 7 nitrogen and oxygen atoms in total. The topological polar surface area (TPSA) is 96.1 Å². The van der Waals surface area contributed by atoms with Gasteiger partial charge in [-0.25, -0.2) is 9.78 Å². The van der Waals surface area contributed by atoms with Gasteiger partial charge in [0.15, 0.2) is 0 Å². The molecule has 2 heterocycles. The average Bonchev–Trinajstić information content (AvgIpc) is 3.01. The Balaban J connectivity index is 1.62. The van der Waals surface area contributed by atoms with Crippen LogP contribution in [0.5, 0.6) is 0 Å².